The number of aromatic nitrogens is 2. The van der Waals surface area contributed by atoms with E-state index in [1.807, 2.05) is 0 Å². The summed E-state index contributed by atoms with van der Waals surface area (Å²) in [5.41, 5.74) is 0. The van der Waals surface area contributed by atoms with Crippen LogP contribution in [0.15, 0.2) is 17.8 Å². The highest BCUT2D eigenvalue weighted by atomic mass is 32.1. The van der Waals surface area contributed by atoms with Crippen LogP contribution in [0.25, 0.3) is 10.2 Å². The van der Waals surface area contributed by atoms with Gasteiger partial charge in [-0.3, -0.25) is 0 Å². The fourth-order valence-electron chi connectivity index (χ4n) is 2.54. The molecule has 0 bridgehead atoms. The van der Waals surface area contributed by atoms with Gasteiger partial charge >= 0.3 is 0 Å². The molecule has 96 valence electrons. The van der Waals surface area contributed by atoms with Crippen molar-refractivity contribution in [2.45, 2.75) is 25.8 Å². The third-order valence-corrected chi connectivity index (χ3v) is 4.49. The minimum atomic E-state index is 0.441. The van der Waals surface area contributed by atoms with E-state index in [4.69, 9.17) is 0 Å². The van der Waals surface area contributed by atoms with Crippen LogP contribution < -0.4 is 10.6 Å². The summed E-state index contributed by atoms with van der Waals surface area (Å²) in [6, 6.07) is 2.53. The number of hydrogen-bond donors (Lipinski definition) is 2. The van der Waals surface area contributed by atoms with E-state index in [1.165, 1.54) is 12.8 Å². The summed E-state index contributed by atoms with van der Waals surface area (Å²) < 4.78 is 0. The maximum Gasteiger partial charge on any atom is 0.138 e. The molecule has 1 aliphatic rings. The fraction of sp³-hybridized carbons (Fsp3) is 0.538. The van der Waals surface area contributed by atoms with E-state index >= 15 is 0 Å². The van der Waals surface area contributed by atoms with Crippen LogP contribution in [-0.4, -0.2) is 29.1 Å². The molecule has 5 heteroatoms. The van der Waals surface area contributed by atoms with E-state index in [0.29, 0.717) is 12.0 Å². The van der Waals surface area contributed by atoms with E-state index in [0.717, 1.165) is 29.1 Å². The van der Waals surface area contributed by atoms with Gasteiger partial charge in [-0.2, -0.15) is 0 Å². The first-order valence-electron chi connectivity index (χ1n) is 6.50. The molecular formula is C13H18N4S. The minimum Gasteiger partial charge on any atom is -0.367 e. The second-order valence-corrected chi connectivity index (χ2v) is 5.80. The predicted molar refractivity (Wildman–Crippen MR) is 76.1 cm³/mol. The normalized spacial score (nSPS) is 21.9. The van der Waals surface area contributed by atoms with Crippen LogP contribution in [0.3, 0.4) is 0 Å². The smallest absolute Gasteiger partial charge is 0.138 e. The van der Waals surface area contributed by atoms with E-state index < -0.39 is 0 Å². The van der Waals surface area contributed by atoms with E-state index in [1.54, 1.807) is 17.7 Å². The molecule has 18 heavy (non-hydrogen) atoms. The predicted octanol–water partition coefficient (Wildman–Crippen LogP) is 2.49. The van der Waals surface area contributed by atoms with Gasteiger partial charge in [0, 0.05) is 6.04 Å². The third-order valence-electron chi connectivity index (χ3n) is 3.67. The lowest BCUT2D eigenvalue weighted by molar-refractivity contribution is 0.347. The van der Waals surface area contributed by atoms with Gasteiger partial charge < -0.3 is 10.6 Å². The Bertz CT molecular complexity index is 518. The number of thiophene rings is 1. The molecule has 1 aliphatic heterocycles. The Morgan fingerprint density at radius 3 is 3.28 bits per heavy atom. The van der Waals surface area contributed by atoms with Crippen LogP contribution in [0, 0.1) is 5.92 Å². The highest BCUT2D eigenvalue weighted by molar-refractivity contribution is 7.16. The second-order valence-electron chi connectivity index (χ2n) is 4.90. The number of hydrogen-bond acceptors (Lipinski definition) is 5. The second kappa shape index (κ2) is 5.20. The summed E-state index contributed by atoms with van der Waals surface area (Å²) in [7, 11) is 0. The lowest BCUT2D eigenvalue weighted by atomic mass is 9.93. The van der Waals surface area contributed by atoms with Gasteiger partial charge in [0.25, 0.3) is 0 Å². The van der Waals surface area contributed by atoms with Gasteiger partial charge in [-0.25, -0.2) is 9.97 Å². The monoisotopic (exact) mass is 262 g/mol. The topological polar surface area (TPSA) is 49.8 Å². The third kappa shape index (κ3) is 2.33. The van der Waals surface area contributed by atoms with E-state index in [-0.39, 0.29) is 0 Å². The number of nitrogens with zero attached hydrogens (tertiary/aromatic N) is 2. The largest absolute Gasteiger partial charge is 0.367 e. The van der Waals surface area contributed by atoms with Crippen molar-refractivity contribution in [2.24, 2.45) is 5.92 Å². The van der Waals surface area contributed by atoms with Gasteiger partial charge in [-0.05, 0) is 50.2 Å². The zero-order valence-corrected chi connectivity index (χ0v) is 11.3. The maximum atomic E-state index is 4.38. The number of piperidine rings is 1. The van der Waals surface area contributed by atoms with Gasteiger partial charge in [0.15, 0.2) is 0 Å². The molecule has 2 unspecified atom stereocenters. The number of rotatable bonds is 3. The summed E-state index contributed by atoms with van der Waals surface area (Å²) >= 11 is 1.66. The van der Waals surface area contributed by atoms with Crippen molar-refractivity contribution >= 4 is 27.4 Å². The van der Waals surface area contributed by atoms with Crippen molar-refractivity contribution in [3.8, 4) is 0 Å². The molecule has 2 N–H and O–H groups in total. The molecular weight excluding hydrogens is 244 g/mol. The molecule has 0 radical (unpaired) electrons. The van der Waals surface area contributed by atoms with Crippen LogP contribution in [0.1, 0.15) is 19.8 Å². The molecule has 2 atom stereocenters. The van der Waals surface area contributed by atoms with Crippen LogP contribution in [0.4, 0.5) is 5.82 Å². The van der Waals surface area contributed by atoms with Crippen LogP contribution in [-0.2, 0) is 0 Å². The first-order chi connectivity index (χ1) is 8.84. The Labute approximate surface area is 111 Å². The van der Waals surface area contributed by atoms with E-state index in [9.17, 15) is 0 Å². The standard InChI is InChI=1S/C13H18N4S/c1-9(10-3-2-5-14-7-10)17-12-11-4-6-18-13(11)16-8-15-12/h4,6,8-10,14H,2-3,5,7H2,1H3,(H,15,16,17). The van der Waals surface area contributed by atoms with Crippen molar-refractivity contribution in [1.29, 1.82) is 0 Å². The summed E-state index contributed by atoms with van der Waals surface area (Å²) in [4.78, 5) is 9.71. The first-order valence-corrected chi connectivity index (χ1v) is 7.38. The van der Waals surface area contributed by atoms with Gasteiger partial charge in [0.05, 0.1) is 5.39 Å². The Morgan fingerprint density at radius 2 is 2.44 bits per heavy atom. The highest BCUT2D eigenvalue weighted by Crippen LogP contribution is 2.26. The Morgan fingerprint density at radius 1 is 1.50 bits per heavy atom. The molecule has 3 heterocycles. The molecule has 1 fully saturated rings. The summed E-state index contributed by atoms with van der Waals surface area (Å²) in [6.07, 6.45) is 4.21. The first kappa shape index (κ1) is 11.9. The zero-order valence-electron chi connectivity index (χ0n) is 10.5. The van der Waals surface area contributed by atoms with Gasteiger partial charge in [0.2, 0.25) is 0 Å². The van der Waals surface area contributed by atoms with Crippen molar-refractivity contribution in [1.82, 2.24) is 15.3 Å². The average molecular weight is 262 g/mol. The van der Waals surface area contributed by atoms with Crippen molar-refractivity contribution in [3.05, 3.63) is 17.8 Å². The van der Waals surface area contributed by atoms with Crippen LogP contribution in [0.5, 0.6) is 0 Å². The molecule has 0 spiro atoms. The fourth-order valence-corrected chi connectivity index (χ4v) is 3.28. The zero-order chi connectivity index (χ0) is 12.4. The molecule has 2 aromatic rings. The van der Waals surface area contributed by atoms with Gasteiger partial charge in [-0.1, -0.05) is 0 Å². The summed E-state index contributed by atoms with van der Waals surface area (Å²) in [5, 5.41) is 10.2. The summed E-state index contributed by atoms with van der Waals surface area (Å²) in [5.74, 6) is 1.65. The molecule has 3 rings (SSSR count). The Balaban J connectivity index is 1.77. The minimum absolute atomic E-state index is 0.441. The molecule has 2 aromatic heterocycles. The quantitative estimate of drug-likeness (QED) is 0.892. The highest BCUT2D eigenvalue weighted by Gasteiger charge is 2.20. The molecule has 0 aromatic carbocycles. The number of fused-ring (bicyclic) bond motifs is 1. The van der Waals surface area contributed by atoms with Crippen LogP contribution in [0.2, 0.25) is 0 Å². The lowest BCUT2D eigenvalue weighted by Gasteiger charge is -2.29. The SMILES string of the molecule is CC(Nc1ncnc2sccc12)C1CCCNC1. The molecule has 4 nitrogen and oxygen atoms in total. The average Bonchev–Trinajstić information content (AvgIpc) is 2.89. The molecule has 0 amide bonds. The van der Waals surface area contributed by atoms with Crippen molar-refractivity contribution in [2.75, 3.05) is 18.4 Å². The van der Waals surface area contributed by atoms with Crippen molar-refractivity contribution in [3.63, 3.8) is 0 Å². The van der Waals surface area contributed by atoms with E-state index in [2.05, 4.69) is 39.0 Å². The molecule has 0 aliphatic carbocycles. The number of nitrogens with one attached hydrogen (secondary N) is 2. The Kier molecular flexibility index (Phi) is 3.43. The molecule has 1 saturated heterocycles. The number of anilines is 1. The summed E-state index contributed by atoms with van der Waals surface area (Å²) in [6.45, 7) is 4.51. The van der Waals surface area contributed by atoms with Gasteiger partial charge in [0.1, 0.15) is 17.0 Å². The van der Waals surface area contributed by atoms with Gasteiger partial charge in [-0.15, -0.1) is 11.3 Å². The van der Waals surface area contributed by atoms with Crippen molar-refractivity contribution < 1.29 is 0 Å². The lowest BCUT2D eigenvalue weighted by Crippen LogP contribution is -2.38. The Hall–Kier alpha value is -1.20. The molecule has 0 saturated carbocycles. The van der Waals surface area contributed by atoms with Crippen LogP contribution >= 0.6 is 11.3 Å². The maximum absolute atomic E-state index is 4.38.